The molecular formula is C16H23NO4. The average Bonchev–Trinajstić information content (AvgIpc) is 2.49. The van der Waals surface area contributed by atoms with Crippen LogP contribution in [0.25, 0.3) is 0 Å². The van der Waals surface area contributed by atoms with Gasteiger partial charge in [0.25, 0.3) is 0 Å². The van der Waals surface area contributed by atoms with E-state index in [-0.39, 0.29) is 18.1 Å². The van der Waals surface area contributed by atoms with Crippen molar-refractivity contribution in [1.29, 1.82) is 0 Å². The van der Waals surface area contributed by atoms with Crippen molar-refractivity contribution in [3.8, 4) is 11.5 Å². The van der Waals surface area contributed by atoms with E-state index in [0.29, 0.717) is 31.1 Å². The van der Waals surface area contributed by atoms with Crippen molar-refractivity contribution < 1.29 is 19.0 Å². The number of carbonyl (C=O) groups is 1. The Morgan fingerprint density at radius 1 is 1.29 bits per heavy atom. The standard InChI is InChI=1S/C16H23NO4/c1-11-12(2)21-8-7-17(11)16(18)10-13-5-6-14(19-3)15(9-13)20-4/h5-6,9,11-12H,7-8,10H2,1-4H3. The summed E-state index contributed by atoms with van der Waals surface area (Å²) in [6.07, 6.45) is 0.435. The largest absolute Gasteiger partial charge is 0.493 e. The van der Waals surface area contributed by atoms with E-state index in [4.69, 9.17) is 14.2 Å². The van der Waals surface area contributed by atoms with Crippen LogP contribution in [-0.2, 0) is 16.0 Å². The molecule has 1 amide bonds. The summed E-state index contributed by atoms with van der Waals surface area (Å²) in [4.78, 5) is 14.4. The molecule has 1 aromatic rings. The minimum Gasteiger partial charge on any atom is -0.493 e. The van der Waals surface area contributed by atoms with Gasteiger partial charge in [-0.25, -0.2) is 0 Å². The molecule has 2 unspecified atom stereocenters. The molecule has 5 nitrogen and oxygen atoms in total. The molecule has 116 valence electrons. The molecule has 2 rings (SSSR count). The number of morpholine rings is 1. The molecule has 1 aliphatic heterocycles. The molecule has 0 radical (unpaired) electrons. The molecule has 0 aliphatic carbocycles. The van der Waals surface area contributed by atoms with E-state index in [2.05, 4.69) is 0 Å². The second-order valence-electron chi connectivity index (χ2n) is 5.27. The predicted molar refractivity (Wildman–Crippen MR) is 79.8 cm³/mol. The number of benzene rings is 1. The van der Waals surface area contributed by atoms with Gasteiger partial charge in [0.15, 0.2) is 11.5 Å². The van der Waals surface area contributed by atoms with Crippen molar-refractivity contribution in [2.75, 3.05) is 27.4 Å². The summed E-state index contributed by atoms with van der Waals surface area (Å²) in [7, 11) is 3.19. The lowest BCUT2D eigenvalue weighted by atomic mass is 10.1. The number of methoxy groups -OCH3 is 2. The van der Waals surface area contributed by atoms with Crippen LogP contribution in [0.4, 0.5) is 0 Å². The van der Waals surface area contributed by atoms with Crippen molar-refractivity contribution >= 4 is 5.91 Å². The summed E-state index contributed by atoms with van der Waals surface area (Å²) in [6.45, 7) is 5.28. The number of ether oxygens (including phenoxy) is 3. The second kappa shape index (κ2) is 6.80. The summed E-state index contributed by atoms with van der Waals surface area (Å²) in [5, 5.41) is 0. The molecule has 1 saturated heterocycles. The van der Waals surface area contributed by atoms with E-state index < -0.39 is 0 Å². The van der Waals surface area contributed by atoms with Crippen molar-refractivity contribution in [3.05, 3.63) is 23.8 Å². The molecule has 0 N–H and O–H groups in total. The summed E-state index contributed by atoms with van der Waals surface area (Å²) < 4.78 is 16.0. The number of hydrogen-bond acceptors (Lipinski definition) is 4. The van der Waals surface area contributed by atoms with E-state index in [1.54, 1.807) is 14.2 Å². The topological polar surface area (TPSA) is 48.0 Å². The molecule has 1 aromatic carbocycles. The zero-order valence-electron chi connectivity index (χ0n) is 13.1. The highest BCUT2D eigenvalue weighted by Crippen LogP contribution is 2.28. The Balaban J connectivity index is 2.08. The molecule has 5 heteroatoms. The lowest BCUT2D eigenvalue weighted by molar-refractivity contribution is -0.143. The lowest BCUT2D eigenvalue weighted by Crippen LogP contribution is -2.51. The van der Waals surface area contributed by atoms with Crippen LogP contribution in [0.3, 0.4) is 0 Å². The Morgan fingerprint density at radius 3 is 2.67 bits per heavy atom. The Hall–Kier alpha value is -1.75. The SMILES string of the molecule is COc1ccc(CC(=O)N2CCOC(C)C2C)cc1OC. The van der Waals surface area contributed by atoms with Gasteiger partial charge in [-0.3, -0.25) is 4.79 Å². The average molecular weight is 293 g/mol. The number of nitrogens with zero attached hydrogens (tertiary/aromatic N) is 1. The third-order valence-corrected chi connectivity index (χ3v) is 4.01. The molecule has 1 heterocycles. The minimum atomic E-state index is 0.0769. The lowest BCUT2D eigenvalue weighted by Gasteiger charge is -2.38. The number of hydrogen-bond donors (Lipinski definition) is 0. The zero-order valence-corrected chi connectivity index (χ0v) is 13.1. The Labute approximate surface area is 125 Å². The summed E-state index contributed by atoms with van der Waals surface area (Å²) in [5.41, 5.74) is 0.920. The quantitative estimate of drug-likeness (QED) is 0.850. The van der Waals surface area contributed by atoms with Crippen LogP contribution >= 0.6 is 0 Å². The number of amides is 1. The van der Waals surface area contributed by atoms with E-state index >= 15 is 0 Å². The van der Waals surface area contributed by atoms with Gasteiger partial charge in [-0.15, -0.1) is 0 Å². The van der Waals surface area contributed by atoms with Crippen LogP contribution in [0, 0.1) is 0 Å². The first-order valence-corrected chi connectivity index (χ1v) is 7.18. The highest BCUT2D eigenvalue weighted by Gasteiger charge is 2.28. The van der Waals surface area contributed by atoms with E-state index in [1.165, 1.54) is 0 Å². The molecule has 0 bridgehead atoms. The van der Waals surface area contributed by atoms with Crippen molar-refractivity contribution in [2.45, 2.75) is 32.4 Å². The molecular weight excluding hydrogens is 270 g/mol. The third-order valence-electron chi connectivity index (χ3n) is 4.01. The fraction of sp³-hybridized carbons (Fsp3) is 0.562. The minimum absolute atomic E-state index is 0.0769. The number of rotatable bonds is 4. The normalized spacial score (nSPS) is 22.0. The smallest absolute Gasteiger partial charge is 0.227 e. The van der Waals surface area contributed by atoms with Gasteiger partial charge in [-0.05, 0) is 31.5 Å². The first-order valence-electron chi connectivity index (χ1n) is 7.18. The Morgan fingerprint density at radius 2 is 2.00 bits per heavy atom. The first kappa shape index (κ1) is 15.6. The molecule has 2 atom stereocenters. The van der Waals surface area contributed by atoms with Crippen molar-refractivity contribution in [1.82, 2.24) is 4.90 Å². The fourth-order valence-corrected chi connectivity index (χ4v) is 2.55. The van der Waals surface area contributed by atoms with E-state index in [0.717, 1.165) is 5.56 Å². The molecule has 0 spiro atoms. The van der Waals surface area contributed by atoms with Crippen LogP contribution < -0.4 is 9.47 Å². The highest BCUT2D eigenvalue weighted by molar-refractivity contribution is 5.79. The van der Waals surface area contributed by atoms with Gasteiger partial charge in [0, 0.05) is 6.54 Å². The zero-order chi connectivity index (χ0) is 15.4. The molecule has 0 aromatic heterocycles. The van der Waals surface area contributed by atoms with E-state index in [1.807, 2.05) is 36.9 Å². The van der Waals surface area contributed by atoms with Crippen molar-refractivity contribution in [2.24, 2.45) is 0 Å². The van der Waals surface area contributed by atoms with Gasteiger partial charge in [-0.1, -0.05) is 6.07 Å². The van der Waals surface area contributed by atoms with Gasteiger partial charge in [0.1, 0.15) is 0 Å². The van der Waals surface area contributed by atoms with Crippen LogP contribution in [0.5, 0.6) is 11.5 Å². The van der Waals surface area contributed by atoms with Gasteiger partial charge < -0.3 is 19.1 Å². The van der Waals surface area contributed by atoms with Crippen LogP contribution in [0.15, 0.2) is 18.2 Å². The second-order valence-corrected chi connectivity index (χ2v) is 5.27. The summed E-state index contributed by atoms with van der Waals surface area (Å²) >= 11 is 0. The Bertz CT molecular complexity index is 503. The highest BCUT2D eigenvalue weighted by atomic mass is 16.5. The van der Waals surface area contributed by atoms with Gasteiger partial charge in [-0.2, -0.15) is 0 Å². The van der Waals surface area contributed by atoms with Crippen LogP contribution in [0.1, 0.15) is 19.4 Å². The van der Waals surface area contributed by atoms with Gasteiger partial charge in [0.05, 0.1) is 39.4 Å². The molecule has 21 heavy (non-hydrogen) atoms. The summed E-state index contributed by atoms with van der Waals surface area (Å²) in [5.74, 6) is 1.43. The monoisotopic (exact) mass is 293 g/mol. The maximum Gasteiger partial charge on any atom is 0.227 e. The van der Waals surface area contributed by atoms with Crippen molar-refractivity contribution in [3.63, 3.8) is 0 Å². The predicted octanol–water partition coefficient (Wildman–Crippen LogP) is 1.88. The van der Waals surface area contributed by atoms with Gasteiger partial charge in [0.2, 0.25) is 5.91 Å². The van der Waals surface area contributed by atoms with E-state index in [9.17, 15) is 4.79 Å². The summed E-state index contributed by atoms with van der Waals surface area (Å²) in [6, 6.07) is 5.68. The maximum absolute atomic E-state index is 12.5. The maximum atomic E-state index is 12.5. The third kappa shape index (κ3) is 3.47. The molecule has 1 fully saturated rings. The first-order chi connectivity index (χ1) is 10.1. The van der Waals surface area contributed by atoms with Crippen LogP contribution in [-0.4, -0.2) is 50.3 Å². The fourth-order valence-electron chi connectivity index (χ4n) is 2.55. The van der Waals surface area contributed by atoms with Crippen LogP contribution in [0.2, 0.25) is 0 Å². The molecule has 0 saturated carbocycles. The molecule has 1 aliphatic rings. The van der Waals surface area contributed by atoms with Gasteiger partial charge >= 0.3 is 0 Å². The number of carbonyl (C=O) groups excluding carboxylic acids is 1. The Kier molecular flexibility index (Phi) is 5.07.